The van der Waals surface area contributed by atoms with Crippen molar-refractivity contribution in [3.63, 3.8) is 0 Å². The number of nitrogens with one attached hydrogen (secondary N) is 1. The first-order valence-electron chi connectivity index (χ1n) is 7.83. The molecule has 21 heavy (non-hydrogen) atoms. The fourth-order valence-electron chi connectivity index (χ4n) is 3.12. The van der Waals surface area contributed by atoms with E-state index in [-0.39, 0.29) is 18.8 Å². The van der Waals surface area contributed by atoms with Gasteiger partial charge in [0, 0.05) is 19.6 Å². The second kappa shape index (κ2) is 6.50. The summed E-state index contributed by atoms with van der Waals surface area (Å²) in [6.45, 7) is 6.72. The number of hydrogen-bond donors (Lipinski definition) is 2. The first kappa shape index (κ1) is 17.1. The molecule has 6 nitrogen and oxygen atoms in total. The van der Waals surface area contributed by atoms with Crippen LogP contribution in [0.3, 0.4) is 0 Å². The van der Waals surface area contributed by atoms with Gasteiger partial charge in [0.1, 0.15) is 0 Å². The predicted molar refractivity (Wildman–Crippen MR) is 81.1 cm³/mol. The maximum atomic E-state index is 12.4. The average Bonchev–Trinajstić information content (AvgIpc) is 2.40. The molecule has 124 valence electrons. The van der Waals surface area contributed by atoms with Crippen molar-refractivity contribution in [3.8, 4) is 0 Å². The van der Waals surface area contributed by atoms with Crippen LogP contribution < -0.4 is 4.72 Å². The molecule has 2 rings (SSSR count). The Morgan fingerprint density at radius 1 is 1.19 bits per heavy atom. The Balaban J connectivity index is 1.92. The molecule has 0 radical (unpaired) electrons. The fourth-order valence-corrected chi connectivity index (χ4v) is 4.57. The third kappa shape index (κ3) is 4.63. The van der Waals surface area contributed by atoms with Gasteiger partial charge in [-0.1, -0.05) is 6.92 Å². The van der Waals surface area contributed by atoms with Crippen molar-refractivity contribution in [1.82, 2.24) is 9.03 Å². The van der Waals surface area contributed by atoms with E-state index in [2.05, 4.69) is 11.6 Å². The molecule has 2 N–H and O–H groups in total. The highest BCUT2D eigenvalue weighted by Gasteiger charge is 2.36. The molecule has 1 saturated carbocycles. The van der Waals surface area contributed by atoms with Crippen LogP contribution in [0.5, 0.6) is 0 Å². The van der Waals surface area contributed by atoms with Crippen LogP contribution in [-0.4, -0.2) is 55.3 Å². The van der Waals surface area contributed by atoms with E-state index in [0.29, 0.717) is 31.8 Å². The lowest BCUT2D eigenvalue weighted by molar-refractivity contribution is -0.0448. The molecule has 7 heteroatoms. The van der Waals surface area contributed by atoms with Gasteiger partial charge in [0.25, 0.3) is 10.2 Å². The highest BCUT2D eigenvalue weighted by Crippen LogP contribution is 2.31. The van der Waals surface area contributed by atoms with Gasteiger partial charge in [-0.05, 0) is 45.4 Å². The van der Waals surface area contributed by atoms with Crippen molar-refractivity contribution in [2.45, 2.75) is 64.3 Å². The van der Waals surface area contributed by atoms with Crippen LogP contribution in [0.15, 0.2) is 0 Å². The molecule has 0 spiro atoms. The molecule has 2 fully saturated rings. The van der Waals surface area contributed by atoms with Crippen LogP contribution in [0.25, 0.3) is 0 Å². The maximum Gasteiger partial charge on any atom is 0.279 e. The van der Waals surface area contributed by atoms with E-state index in [4.69, 9.17) is 4.74 Å². The van der Waals surface area contributed by atoms with Crippen LogP contribution >= 0.6 is 0 Å². The summed E-state index contributed by atoms with van der Waals surface area (Å²) in [5.74, 6) is 0.614. The SMILES string of the molecule is CC1CCC(O)(CNS(=O)(=O)N2CC(C)OC(C)C2)CC1. The van der Waals surface area contributed by atoms with Crippen LogP contribution in [0.1, 0.15) is 46.5 Å². The predicted octanol–water partition coefficient (Wildman–Crippen LogP) is 0.871. The summed E-state index contributed by atoms with van der Waals surface area (Å²) in [5, 5.41) is 10.5. The molecule has 1 aliphatic carbocycles. The van der Waals surface area contributed by atoms with Gasteiger partial charge in [-0.2, -0.15) is 17.4 Å². The lowest BCUT2D eigenvalue weighted by Crippen LogP contribution is -2.54. The fraction of sp³-hybridized carbons (Fsp3) is 1.00. The topological polar surface area (TPSA) is 78.9 Å². The standard InChI is InChI=1S/C14H28N2O4S/c1-11-4-6-14(17,7-5-11)10-15-21(18,19)16-8-12(2)20-13(3)9-16/h11-13,15,17H,4-10H2,1-3H3. The second-order valence-corrected chi connectivity index (χ2v) is 8.56. The third-order valence-electron chi connectivity index (χ3n) is 4.51. The number of aliphatic hydroxyl groups is 1. The van der Waals surface area contributed by atoms with E-state index in [1.165, 1.54) is 4.31 Å². The van der Waals surface area contributed by atoms with E-state index >= 15 is 0 Å². The number of nitrogens with zero attached hydrogens (tertiary/aromatic N) is 1. The van der Waals surface area contributed by atoms with Crippen molar-refractivity contribution >= 4 is 10.2 Å². The zero-order valence-corrected chi connectivity index (χ0v) is 14.0. The molecule has 2 unspecified atom stereocenters. The minimum absolute atomic E-state index is 0.0994. The van der Waals surface area contributed by atoms with Gasteiger partial charge in [0.05, 0.1) is 17.8 Å². The van der Waals surface area contributed by atoms with Gasteiger partial charge in [-0.25, -0.2) is 0 Å². The summed E-state index contributed by atoms with van der Waals surface area (Å²) in [4.78, 5) is 0. The molecule has 2 atom stereocenters. The van der Waals surface area contributed by atoms with Crippen LogP contribution in [-0.2, 0) is 14.9 Å². The molecule has 0 aromatic rings. The van der Waals surface area contributed by atoms with Gasteiger partial charge in [0.2, 0.25) is 0 Å². The van der Waals surface area contributed by atoms with Gasteiger partial charge in [0.15, 0.2) is 0 Å². The first-order chi connectivity index (χ1) is 9.70. The minimum Gasteiger partial charge on any atom is -0.389 e. The number of ether oxygens (including phenoxy) is 1. The second-order valence-electron chi connectivity index (χ2n) is 6.81. The Morgan fingerprint density at radius 2 is 1.71 bits per heavy atom. The van der Waals surface area contributed by atoms with Gasteiger partial charge < -0.3 is 9.84 Å². The Labute approximate surface area is 128 Å². The van der Waals surface area contributed by atoms with E-state index < -0.39 is 15.8 Å². The van der Waals surface area contributed by atoms with Gasteiger partial charge >= 0.3 is 0 Å². The van der Waals surface area contributed by atoms with Crippen molar-refractivity contribution in [1.29, 1.82) is 0 Å². The summed E-state index contributed by atoms with van der Waals surface area (Å²) in [7, 11) is -3.56. The maximum absolute atomic E-state index is 12.4. The summed E-state index contributed by atoms with van der Waals surface area (Å²) >= 11 is 0. The van der Waals surface area contributed by atoms with Crippen LogP contribution in [0, 0.1) is 5.92 Å². The molecule has 0 aromatic heterocycles. The van der Waals surface area contributed by atoms with Crippen molar-refractivity contribution in [3.05, 3.63) is 0 Å². The normalized spacial score (nSPS) is 39.3. The summed E-state index contributed by atoms with van der Waals surface area (Å²) in [6.07, 6.45) is 3.00. The number of morpholine rings is 1. The third-order valence-corrected chi connectivity index (χ3v) is 6.00. The largest absolute Gasteiger partial charge is 0.389 e. The molecule has 0 bridgehead atoms. The lowest BCUT2D eigenvalue weighted by Gasteiger charge is -2.37. The zero-order chi connectivity index (χ0) is 15.7. The summed E-state index contributed by atoms with van der Waals surface area (Å²) < 4.78 is 34.3. The molecule has 0 aromatic carbocycles. The van der Waals surface area contributed by atoms with Crippen LogP contribution in [0.2, 0.25) is 0 Å². The minimum atomic E-state index is -3.56. The lowest BCUT2D eigenvalue weighted by atomic mass is 9.80. The van der Waals surface area contributed by atoms with E-state index in [1.807, 2.05) is 13.8 Å². The Morgan fingerprint density at radius 3 is 2.24 bits per heavy atom. The monoisotopic (exact) mass is 320 g/mol. The van der Waals surface area contributed by atoms with Crippen molar-refractivity contribution < 1.29 is 18.3 Å². The summed E-state index contributed by atoms with van der Waals surface area (Å²) in [5.41, 5.74) is -0.900. The van der Waals surface area contributed by atoms with Crippen molar-refractivity contribution in [2.24, 2.45) is 5.92 Å². The number of rotatable bonds is 4. The average molecular weight is 320 g/mol. The Bertz CT molecular complexity index is 436. The molecule has 0 amide bonds. The molecule has 1 heterocycles. The molecule has 1 saturated heterocycles. The number of hydrogen-bond acceptors (Lipinski definition) is 4. The first-order valence-corrected chi connectivity index (χ1v) is 9.27. The highest BCUT2D eigenvalue weighted by atomic mass is 32.2. The van der Waals surface area contributed by atoms with Gasteiger partial charge in [-0.15, -0.1) is 0 Å². The van der Waals surface area contributed by atoms with Gasteiger partial charge in [-0.3, -0.25) is 0 Å². The highest BCUT2D eigenvalue weighted by molar-refractivity contribution is 7.87. The van der Waals surface area contributed by atoms with E-state index in [9.17, 15) is 13.5 Å². The van der Waals surface area contributed by atoms with E-state index in [1.54, 1.807) is 0 Å². The molecule has 2 aliphatic rings. The summed E-state index contributed by atoms with van der Waals surface area (Å²) in [6, 6.07) is 0. The van der Waals surface area contributed by atoms with E-state index in [0.717, 1.165) is 12.8 Å². The Hall–Kier alpha value is -0.210. The van der Waals surface area contributed by atoms with Crippen LogP contribution in [0.4, 0.5) is 0 Å². The quantitative estimate of drug-likeness (QED) is 0.806. The molecular formula is C14H28N2O4S. The smallest absolute Gasteiger partial charge is 0.279 e. The zero-order valence-electron chi connectivity index (χ0n) is 13.2. The van der Waals surface area contributed by atoms with Crippen molar-refractivity contribution in [2.75, 3.05) is 19.6 Å². The molecule has 1 aliphatic heterocycles. The molecular weight excluding hydrogens is 292 g/mol. The Kier molecular flexibility index (Phi) is 5.31.